The molecule has 0 aromatic rings. The number of hydrogen-bond donors (Lipinski definition) is 3. The van der Waals surface area contributed by atoms with E-state index in [4.69, 9.17) is 27.4 Å². The van der Waals surface area contributed by atoms with Crippen LogP contribution in [0.5, 0.6) is 0 Å². The van der Waals surface area contributed by atoms with E-state index < -0.39 is 16.4 Å². The number of carboxylic acids is 1. The van der Waals surface area contributed by atoms with Crippen molar-refractivity contribution in [3.63, 3.8) is 0 Å². The Morgan fingerprint density at radius 3 is 0.784 bits per heavy atom. The Kier molecular flexibility index (Phi) is 59.1. The molecule has 0 bridgehead atoms. The summed E-state index contributed by atoms with van der Waals surface area (Å²) in [4.78, 5) is 10.3. The van der Waals surface area contributed by atoms with E-state index in [1.54, 1.807) is 0 Å². The SMILES string of the molecule is CCCCCCCCCCCCCCCCCC(=O)O.CCCCCCCCCCCCOCCCCCCCCCCCC.O=S(=O)(O)O.[H-].[H-].[Mg+2]. The van der Waals surface area contributed by atoms with Crippen LogP contribution >= 0.6 is 0 Å². The Hall–Kier alpha value is 0.0662. The van der Waals surface area contributed by atoms with Crippen molar-refractivity contribution in [3.05, 3.63) is 0 Å². The molecule has 0 atom stereocenters. The molecule has 51 heavy (non-hydrogen) atoms. The number of carboxylic acid groups (broad SMARTS) is 1. The average molecular weight is 764 g/mol. The number of rotatable bonds is 38. The normalized spacial score (nSPS) is 10.9. The van der Waals surface area contributed by atoms with Crippen LogP contribution < -0.4 is 0 Å². The van der Waals surface area contributed by atoms with Crippen molar-refractivity contribution in [3.8, 4) is 0 Å². The van der Waals surface area contributed by atoms with Gasteiger partial charge in [-0.05, 0) is 19.3 Å². The van der Waals surface area contributed by atoms with Crippen molar-refractivity contribution < 1.29 is 35.0 Å². The molecule has 0 heterocycles. The van der Waals surface area contributed by atoms with Gasteiger partial charge in [0.1, 0.15) is 0 Å². The summed E-state index contributed by atoms with van der Waals surface area (Å²) >= 11 is 0. The molecule has 0 aliphatic heterocycles. The summed E-state index contributed by atoms with van der Waals surface area (Å²) in [6.45, 7) is 8.84. The summed E-state index contributed by atoms with van der Waals surface area (Å²) in [5.74, 6) is -0.653. The molecule has 0 unspecified atom stereocenters. The Bertz CT molecular complexity index is 704. The predicted molar refractivity (Wildman–Crippen MR) is 224 cm³/mol. The zero-order chi connectivity index (χ0) is 37.7. The fraction of sp³-hybridized carbons (Fsp3) is 0.976. The fourth-order valence-corrected chi connectivity index (χ4v) is 6.13. The average Bonchev–Trinajstić information content (AvgIpc) is 3.06. The topological polar surface area (TPSA) is 121 Å². The number of hydrogen-bond acceptors (Lipinski definition) is 4. The van der Waals surface area contributed by atoms with Gasteiger partial charge in [0.2, 0.25) is 0 Å². The standard InChI is InChI=1S/C24H50O.C18H36O2.Mg.H2O4S.2H/c1-3-5-7-9-11-13-15-17-19-21-23-25-24-22-20-18-16-14-12-10-8-6-4-2;1-2-3-4-5-6-7-8-9-10-11-12-13-14-15-16-17-18(19)20;;1-5(2,3)4;;/h3-24H2,1-2H3;2-17H2,1H3,(H,19,20);;(H2,1,2,3,4);;/q;;+2;;2*-1. The molecule has 0 aliphatic carbocycles. The quantitative estimate of drug-likeness (QED) is 0.0325. The number of unbranched alkanes of at least 4 members (excludes halogenated alkanes) is 32. The molecule has 0 aliphatic rings. The third-order valence-corrected chi connectivity index (χ3v) is 9.28. The van der Waals surface area contributed by atoms with Crippen LogP contribution in [0.15, 0.2) is 0 Å². The molecule has 7 nitrogen and oxygen atoms in total. The fourth-order valence-electron chi connectivity index (χ4n) is 6.13. The van der Waals surface area contributed by atoms with Crippen LogP contribution in [0.1, 0.15) is 255 Å². The van der Waals surface area contributed by atoms with Crippen molar-refractivity contribution in [1.82, 2.24) is 0 Å². The van der Waals surface area contributed by atoms with E-state index in [0.29, 0.717) is 6.42 Å². The van der Waals surface area contributed by atoms with Crippen LogP contribution in [-0.2, 0) is 19.9 Å². The van der Waals surface area contributed by atoms with Gasteiger partial charge < -0.3 is 12.7 Å². The molecule has 0 aromatic heterocycles. The van der Waals surface area contributed by atoms with E-state index in [-0.39, 0.29) is 25.9 Å². The minimum atomic E-state index is -4.67. The largest absolute Gasteiger partial charge is 2.00 e. The van der Waals surface area contributed by atoms with Gasteiger partial charge in [-0.25, -0.2) is 0 Å². The van der Waals surface area contributed by atoms with E-state index in [0.717, 1.165) is 26.1 Å². The molecule has 9 heteroatoms. The van der Waals surface area contributed by atoms with Crippen LogP contribution in [0.4, 0.5) is 0 Å². The maximum atomic E-state index is 10.3. The van der Waals surface area contributed by atoms with Crippen LogP contribution in [-0.4, -0.2) is 64.9 Å². The van der Waals surface area contributed by atoms with Gasteiger partial charge in [0, 0.05) is 19.6 Å². The summed E-state index contributed by atoms with van der Waals surface area (Å²) < 4.78 is 37.4. The minimum absolute atomic E-state index is 0. The van der Waals surface area contributed by atoms with E-state index in [9.17, 15) is 4.79 Å². The van der Waals surface area contributed by atoms with Gasteiger partial charge in [0.15, 0.2) is 0 Å². The van der Waals surface area contributed by atoms with E-state index in [1.807, 2.05) is 0 Å². The summed E-state index contributed by atoms with van der Waals surface area (Å²) in [6, 6.07) is 0. The second-order valence-electron chi connectivity index (χ2n) is 14.5. The maximum absolute atomic E-state index is 10.3. The van der Waals surface area contributed by atoms with E-state index in [1.165, 1.54) is 212 Å². The van der Waals surface area contributed by atoms with Crippen molar-refractivity contribution in [2.45, 2.75) is 252 Å². The molecule has 0 spiro atoms. The minimum Gasteiger partial charge on any atom is -1.00 e. The van der Waals surface area contributed by atoms with E-state index >= 15 is 0 Å². The maximum Gasteiger partial charge on any atom is 2.00 e. The predicted octanol–water partition coefficient (Wildman–Crippen LogP) is 14.4. The number of carbonyl (C=O) groups is 1. The molecular weight excluding hydrogens is 673 g/mol. The van der Waals surface area contributed by atoms with Gasteiger partial charge >= 0.3 is 39.4 Å². The zero-order valence-corrected chi connectivity index (χ0v) is 36.7. The summed E-state index contributed by atoms with van der Waals surface area (Å²) in [5, 5.41) is 8.52. The van der Waals surface area contributed by atoms with Crippen LogP contribution in [0.3, 0.4) is 0 Å². The monoisotopic (exact) mass is 763 g/mol. The first-order chi connectivity index (χ1) is 24.2. The third-order valence-electron chi connectivity index (χ3n) is 9.28. The van der Waals surface area contributed by atoms with Gasteiger partial charge in [-0.3, -0.25) is 13.9 Å². The third kappa shape index (κ3) is 75.8. The zero-order valence-electron chi connectivity index (χ0n) is 36.5. The van der Waals surface area contributed by atoms with E-state index in [2.05, 4.69) is 20.8 Å². The van der Waals surface area contributed by atoms with Crippen molar-refractivity contribution in [2.75, 3.05) is 13.2 Å². The second-order valence-corrected chi connectivity index (χ2v) is 15.4. The Morgan fingerprint density at radius 2 is 0.588 bits per heavy atom. The molecule has 0 radical (unpaired) electrons. The van der Waals surface area contributed by atoms with Crippen molar-refractivity contribution in [2.24, 2.45) is 0 Å². The molecule has 0 rings (SSSR count). The first-order valence-electron chi connectivity index (χ1n) is 21.7. The molecular formula is C42H90MgO7S. The van der Waals surface area contributed by atoms with Gasteiger partial charge in [-0.2, -0.15) is 8.42 Å². The molecule has 3 N–H and O–H groups in total. The summed E-state index contributed by atoms with van der Waals surface area (Å²) in [6.07, 6.45) is 48.4. The van der Waals surface area contributed by atoms with Crippen molar-refractivity contribution in [1.29, 1.82) is 0 Å². The molecule has 0 saturated carbocycles. The summed E-state index contributed by atoms with van der Waals surface area (Å²) in [7, 11) is -4.67. The molecule has 308 valence electrons. The Balaban J connectivity index is -0.000000178. The summed E-state index contributed by atoms with van der Waals surface area (Å²) in [5.41, 5.74) is 0. The first-order valence-corrected chi connectivity index (χ1v) is 23.1. The van der Waals surface area contributed by atoms with Crippen LogP contribution in [0.25, 0.3) is 0 Å². The number of ether oxygens (including phenoxy) is 1. The number of aliphatic carboxylic acids is 1. The van der Waals surface area contributed by atoms with Gasteiger partial charge in [0.05, 0.1) is 0 Å². The van der Waals surface area contributed by atoms with Crippen LogP contribution in [0.2, 0.25) is 0 Å². The molecule has 0 aromatic carbocycles. The van der Waals surface area contributed by atoms with Gasteiger partial charge in [0.25, 0.3) is 0 Å². The van der Waals surface area contributed by atoms with Gasteiger partial charge in [-0.1, -0.05) is 226 Å². The van der Waals surface area contributed by atoms with Crippen molar-refractivity contribution >= 4 is 39.4 Å². The molecule has 0 amide bonds. The Morgan fingerprint density at radius 1 is 0.412 bits per heavy atom. The van der Waals surface area contributed by atoms with Gasteiger partial charge in [-0.15, -0.1) is 0 Å². The molecule has 0 saturated heterocycles. The first kappa shape index (κ1) is 57.8. The van der Waals surface area contributed by atoms with Crippen LogP contribution in [0, 0.1) is 0 Å². The second kappa shape index (κ2) is 52.2. The molecule has 0 fully saturated rings. The smallest absolute Gasteiger partial charge is 1.00 e. The Labute approximate surface area is 338 Å².